The van der Waals surface area contributed by atoms with Crippen molar-refractivity contribution in [2.24, 2.45) is 0 Å². The number of methoxy groups -OCH3 is 1. The summed E-state index contributed by atoms with van der Waals surface area (Å²) in [5.41, 5.74) is 1.77. The van der Waals surface area contributed by atoms with Crippen molar-refractivity contribution in [2.45, 2.75) is 24.8 Å². The second kappa shape index (κ2) is 8.70. The molecular weight excluding hydrogens is 346 g/mol. The molecule has 0 fully saturated rings. The predicted octanol–water partition coefficient (Wildman–Crippen LogP) is 3.94. The lowest BCUT2D eigenvalue weighted by Crippen LogP contribution is -2.34. The summed E-state index contributed by atoms with van der Waals surface area (Å²) in [4.78, 5) is 0.232. The minimum Gasteiger partial charge on any atom is -0.497 e. The van der Waals surface area contributed by atoms with Crippen molar-refractivity contribution in [1.82, 2.24) is 4.31 Å². The first-order valence-electron chi connectivity index (χ1n) is 8.18. The summed E-state index contributed by atoms with van der Waals surface area (Å²) in [6, 6.07) is 13.5. The Morgan fingerprint density at radius 1 is 1.23 bits per heavy atom. The van der Waals surface area contributed by atoms with E-state index in [0.717, 1.165) is 11.1 Å². The van der Waals surface area contributed by atoms with Crippen LogP contribution in [-0.2, 0) is 10.0 Å². The van der Waals surface area contributed by atoms with Gasteiger partial charge in [0.25, 0.3) is 0 Å². The maximum atomic E-state index is 13.3. The minimum atomic E-state index is -3.75. The van der Waals surface area contributed by atoms with Gasteiger partial charge in [-0.25, -0.2) is 8.42 Å². The van der Waals surface area contributed by atoms with Crippen LogP contribution in [0.1, 0.15) is 24.1 Å². The Labute approximate surface area is 156 Å². The van der Waals surface area contributed by atoms with E-state index >= 15 is 0 Å². The Bertz CT molecular complexity index is 922. The molecule has 0 radical (unpaired) electrons. The third-order valence-electron chi connectivity index (χ3n) is 4.01. The van der Waals surface area contributed by atoms with E-state index in [4.69, 9.17) is 4.74 Å². The Hall–Kier alpha value is -2.55. The Morgan fingerprint density at radius 2 is 1.92 bits per heavy atom. The van der Waals surface area contributed by atoms with Crippen LogP contribution in [-0.4, -0.2) is 26.4 Å². The Kier molecular flexibility index (Phi) is 6.62. The van der Waals surface area contributed by atoms with Gasteiger partial charge in [0.15, 0.2) is 0 Å². The van der Waals surface area contributed by atoms with Crippen molar-refractivity contribution in [1.29, 1.82) is 0 Å². The molecule has 0 N–H and O–H groups in total. The van der Waals surface area contributed by atoms with E-state index in [2.05, 4.69) is 18.4 Å². The van der Waals surface area contributed by atoms with Crippen LogP contribution in [0.15, 0.2) is 66.1 Å². The van der Waals surface area contributed by atoms with Gasteiger partial charge in [-0.2, -0.15) is 4.31 Å². The molecule has 0 saturated heterocycles. The highest BCUT2D eigenvalue weighted by Gasteiger charge is 2.30. The zero-order valence-corrected chi connectivity index (χ0v) is 16.1. The van der Waals surface area contributed by atoms with E-state index in [0.29, 0.717) is 5.75 Å². The summed E-state index contributed by atoms with van der Waals surface area (Å²) in [6.45, 7) is 7.52. The molecule has 0 aliphatic heterocycles. The van der Waals surface area contributed by atoms with Gasteiger partial charge >= 0.3 is 0 Å². The van der Waals surface area contributed by atoms with Crippen molar-refractivity contribution >= 4 is 10.0 Å². The van der Waals surface area contributed by atoms with Crippen LogP contribution in [0.2, 0.25) is 0 Å². The topological polar surface area (TPSA) is 46.6 Å². The number of rotatable bonds is 7. The fourth-order valence-corrected chi connectivity index (χ4v) is 4.07. The van der Waals surface area contributed by atoms with Gasteiger partial charge in [0.1, 0.15) is 5.75 Å². The molecule has 2 rings (SSSR count). The molecule has 2 aromatic rings. The van der Waals surface area contributed by atoms with Crippen molar-refractivity contribution in [3.63, 3.8) is 0 Å². The number of hydrogen-bond acceptors (Lipinski definition) is 3. The van der Waals surface area contributed by atoms with Gasteiger partial charge in [0.2, 0.25) is 10.0 Å². The molecule has 0 heterocycles. The average Bonchev–Trinajstić information content (AvgIpc) is 2.65. The van der Waals surface area contributed by atoms with Gasteiger partial charge in [-0.3, -0.25) is 0 Å². The average molecular weight is 369 g/mol. The summed E-state index contributed by atoms with van der Waals surface area (Å²) in [5, 5.41) is 0. The number of hydrogen-bond donors (Lipinski definition) is 0. The van der Waals surface area contributed by atoms with Crippen molar-refractivity contribution in [2.75, 3.05) is 13.7 Å². The normalized spacial score (nSPS) is 12.2. The van der Waals surface area contributed by atoms with Crippen LogP contribution in [0.5, 0.6) is 5.75 Å². The molecule has 0 aliphatic rings. The van der Waals surface area contributed by atoms with Crippen LogP contribution in [0.3, 0.4) is 0 Å². The molecule has 26 heavy (non-hydrogen) atoms. The van der Waals surface area contributed by atoms with Crippen LogP contribution < -0.4 is 4.74 Å². The van der Waals surface area contributed by atoms with Gasteiger partial charge in [0, 0.05) is 0 Å². The first-order valence-corrected chi connectivity index (χ1v) is 9.62. The minimum absolute atomic E-state index is 0.0700. The molecule has 0 aliphatic carbocycles. The molecule has 4 nitrogen and oxygen atoms in total. The summed E-state index contributed by atoms with van der Waals surface area (Å²) < 4.78 is 33.1. The number of benzene rings is 2. The summed E-state index contributed by atoms with van der Waals surface area (Å²) in [7, 11) is -2.18. The molecule has 5 heteroatoms. The summed E-state index contributed by atoms with van der Waals surface area (Å²) in [6.07, 6.45) is 1.61. The molecule has 0 aromatic heterocycles. The number of aryl methyl sites for hydroxylation is 1. The monoisotopic (exact) mass is 369 g/mol. The quantitative estimate of drug-likeness (QED) is 0.548. The highest BCUT2D eigenvalue weighted by atomic mass is 32.2. The molecule has 0 unspecified atom stereocenters. The molecule has 0 amide bonds. The zero-order valence-electron chi connectivity index (χ0n) is 15.3. The lowest BCUT2D eigenvalue weighted by Gasteiger charge is -2.28. The molecule has 0 saturated carbocycles. The van der Waals surface area contributed by atoms with E-state index in [1.807, 2.05) is 31.2 Å². The van der Waals surface area contributed by atoms with Gasteiger partial charge in [0.05, 0.1) is 24.6 Å². The standard InChI is InChI=1S/C21H23NO3S/c1-5-7-15-22(26(23,24)20-13-11-17(3)12-14-20)21(6-2)18-9-8-10-19(16-18)25-4/h6,8-14,16,21H,2,15H2,1,3-4H3/t21-/m0/s1. The van der Waals surface area contributed by atoms with Gasteiger partial charge in [-0.15, -0.1) is 12.5 Å². The third-order valence-corrected chi connectivity index (χ3v) is 5.85. The number of sulfonamides is 1. The molecule has 136 valence electrons. The third kappa shape index (κ3) is 4.34. The second-order valence-corrected chi connectivity index (χ2v) is 7.64. The van der Waals surface area contributed by atoms with E-state index in [-0.39, 0.29) is 11.4 Å². The van der Waals surface area contributed by atoms with Crippen molar-refractivity contribution < 1.29 is 13.2 Å². The molecule has 0 bridgehead atoms. The summed E-state index contributed by atoms with van der Waals surface area (Å²) in [5.74, 6) is 6.29. The van der Waals surface area contributed by atoms with Crippen LogP contribution in [0.25, 0.3) is 0 Å². The maximum absolute atomic E-state index is 13.3. The van der Waals surface area contributed by atoms with E-state index < -0.39 is 16.1 Å². The highest BCUT2D eigenvalue weighted by molar-refractivity contribution is 7.89. The predicted molar refractivity (Wildman–Crippen MR) is 104 cm³/mol. The fourth-order valence-electron chi connectivity index (χ4n) is 2.58. The van der Waals surface area contributed by atoms with Gasteiger partial charge in [-0.05, 0) is 43.7 Å². The van der Waals surface area contributed by atoms with E-state index in [1.54, 1.807) is 44.4 Å². The van der Waals surface area contributed by atoms with Crippen molar-refractivity contribution in [3.8, 4) is 17.6 Å². The van der Waals surface area contributed by atoms with Crippen LogP contribution >= 0.6 is 0 Å². The first kappa shape index (κ1) is 19.8. The largest absolute Gasteiger partial charge is 0.497 e. The maximum Gasteiger partial charge on any atom is 0.244 e. The Balaban J connectivity index is 2.54. The fraction of sp³-hybridized carbons (Fsp3) is 0.238. The number of nitrogens with zero attached hydrogens (tertiary/aromatic N) is 1. The SMILES string of the molecule is C=C[C@@H](c1cccc(OC)c1)N(CC#CC)S(=O)(=O)c1ccc(C)cc1. The van der Waals surface area contributed by atoms with E-state index in [9.17, 15) is 8.42 Å². The lowest BCUT2D eigenvalue weighted by atomic mass is 10.1. The second-order valence-electron chi connectivity index (χ2n) is 5.75. The van der Waals surface area contributed by atoms with Gasteiger partial charge < -0.3 is 4.74 Å². The number of ether oxygens (including phenoxy) is 1. The first-order chi connectivity index (χ1) is 12.4. The molecule has 0 spiro atoms. The van der Waals surface area contributed by atoms with Crippen LogP contribution in [0.4, 0.5) is 0 Å². The van der Waals surface area contributed by atoms with Crippen LogP contribution in [0, 0.1) is 18.8 Å². The van der Waals surface area contributed by atoms with Gasteiger partial charge in [-0.1, -0.05) is 41.8 Å². The Morgan fingerprint density at radius 3 is 2.50 bits per heavy atom. The van der Waals surface area contributed by atoms with Crippen molar-refractivity contribution in [3.05, 3.63) is 72.3 Å². The zero-order chi connectivity index (χ0) is 19.2. The summed E-state index contributed by atoms with van der Waals surface area (Å²) >= 11 is 0. The van der Waals surface area contributed by atoms with E-state index in [1.165, 1.54) is 4.31 Å². The molecule has 2 aromatic carbocycles. The molecular formula is C21H23NO3S. The lowest BCUT2D eigenvalue weighted by molar-refractivity contribution is 0.395. The highest BCUT2D eigenvalue weighted by Crippen LogP contribution is 2.30. The smallest absolute Gasteiger partial charge is 0.244 e. The molecule has 1 atom stereocenters.